The van der Waals surface area contributed by atoms with Crippen molar-refractivity contribution in [2.75, 3.05) is 7.11 Å². The molecule has 1 unspecified atom stereocenters. The number of hydrogen-bond donors (Lipinski definition) is 1. The first-order valence-corrected chi connectivity index (χ1v) is 7.70. The molecule has 0 amide bonds. The van der Waals surface area contributed by atoms with E-state index in [1.54, 1.807) is 18.4 Å². The Morgan fingerprint density at radius 1 is 1.28 bits per heavy atom. The van der Waals surface area contributed by atoms with E-state index < -0.39 is 6.10 Å². The lowest BCUT2D eigenvalue weighted by Gasteiger charge is -2.13. The van der Waals surface area contributed by atoms with Crippen molar-refractivity contribution < 1.29 is 9.84 Å². The Kier molecular flexibility index (Phi) is 4.48. The molecule has 0 aliphatic rings. The molecule has 0 bridgehead atoms. The van der Waals surface area contributed by atoms with Crippen LogP contribution in [0.5, 0.6) is 5.75 Å². The van der Waals surface area contributed by atoms with E-state index in [1.165, 1.54) is 0 Å². The van der Waals surface area contributed by atoms with Crippen molar-refractivity contribution in [2.45, 2.75) is 13.0 Å². The van der Waals surface area contributed by atoms with Gasteiger partial charge in [0.2, 0.25) is 0 Å². The normalized spacial score (nSPS) is 12.5. The summed E-state index contributed by atoms with van der Waals surface area (Å²) >= 11 is 8.43. The number of thiophene rings is 1. The third-order valence-corrected chi connectivity index (χ3v) is 5.11. The van der Waals surface area contributed by atoms with Crippen LogP contribution in [-0.2, 0) is 0 Å². The molecule has 2 nitrogen and oxygen atoms in total. The van der Waals surface area contributed by atoms with Gasteiger partial charge < -0.3 is 9.84 Å². The minimum Gasteiger partial charge on any atom is -0.496 e. The minimum atomic E-state index is -0.656. The Morgan fingerprint density at radius 3 is 2.56 bits per heavy atom. The molecule has 1 aromatic heterocycles. The molecule has 5 heteroatoms. The number of rotatable bonds is 3. The average Bonchev–Trinajstić information content (AvgIpc) is 2.68. The van der Waals surface area contributed by atoms with Gasteiger partial charge >= 0.3 is 0 Å². The van der Waals surface area contributed by atoms with Crippen LogP contribution in [0.3, 0.4) is 0 Å². The van der Waals surface area contributed by atoms with Crippen LogP contribution < -0.4 is 4.74 Å². The molecule has 2 rings (SSSR count). The molecule has 18 heavy (non-hydrogen) atoms. The summed E-state index contributed by atoms with van der Waals surface area (Å²) in [5.74, 6) is 0.789. The molecule has 96 valence electrons. The highest BCUT2D eigenvalue weighted by Crippen LogP contribution is 2.38. The molecule has 0 fully saturated rings. The number of methoxy groups -OCH3 is 1. The van der Waals surface area contributed by atoms with E-state index in [0.29, 0.717) is 0 Å². The van der Waals surface area contributed by atoms with E-state index in [2.05, 4.69) is 31.9 Å². The third kappa shape index (κ3) is 2.79. The highest BCUT2D eigenvalue weighted by atomic mass is 79.9. The van der Waals surface area contributed by atoms with Crippen LogP contribution in [0.4, 0.5) is 0 Å². The molecule has 0 spiro atoms. The van der Waals surface area contributed by atoms with Gasteiger partial charge in [-0.15, -0.1) is 11.3 Å². The van der Waals surface area contributed by atoms with E-state index in [-0.39, 0.29) is 0 Å². The summed E-state index contributed by atoms with van der Waals surface area (Å²) in [6, 6.07) is 7.66. The van der Waals surface area contributed by atoms with E-state index in [1.807, 2.05) is 31.2 Å². The van der Waals surface area contributed by atoms with E-state index in [0.717, 1.165) is 30.0 Å². The zero-order valence-corrected chi connectivity index (χ0v) is 13.9. The maximum Gasteiger partial charge on any atom is 0.122 e. The lowest BCUT2D eigenvalue weighted by molar-refractivity contribution is 0.219. The Bertz CT molecular complexity index is 566. The van der Waals surface area contributed by atoms with E-state index >= 15 is 0 Å². The van der Waals surface area contributed by atoms with Gasteiger partial charge in [0, 0.05) is 5.56 Å². The number of aliphatic hydroxyl groups excluding tert-OH is 1. The van der Waals surface area contributed by atoms with Crippen molar-refractivity contribution in [3.05, 3.63) is 48.5 Å². The molecule has 0 saturated carbocycles. The number of aryl methyl sites for hydroxylation is 1. The fraction of sp³-hybridized carbons (Fsp3) is 0.231. The smallest absolute Gasteiger partial charge is 0.122 e. The van der Waals surface area contributed by atoms with Crippen LogP contribution >= 0.6 is 43.2 Å². The zero-order chi connectivity index (χ0) is 13.3. The van der Waals surface area contributed by atoms with Gasteiger partial charge in [-0.3, -0.25) is 0 Å². The number of halogens is 2. The molecule has 1 aromatic carbocycles. The molecular weight excluding hydrogens is 380 g/mol. The van der Waals surface area contributed by atoms with Crippen molar-refractivity contribution in [1.82, 2.24) is 0 Å². The number of ether oxygens (including phenoxy) is 1. The summed E-state index contributed by atoms with van der Waals surface area (Å²) in [5.41, 5.74) is 2.74. The number of aliphatic hydroxyl groups is 1. The van der Waals surface area contributed by atoms with Crippen LogP contribution in [0, 0.1) is 6.92 Å². The summed E-state index contributed by atoms with van der Waals surface area (Å²) in [5, 5.41) is 10.4. The molecule has 1 atom stereocenters. The highest BCUT2D eigenvalue weighted by Gasteiger charge is 2.17. The second kappa shape index (κ2) is 5.74. The van der Waals surface area contributed by atoms with Gasteiger partial charge in [-0.1, -0.05) is 12.1 Å². The van der Waals surface area contributed by atoms with Gasteiger partial charge in [-0.05, 0) is 62.0 Å². The maximum absolute atomic E-state index is 10.4. The van der Waals surface area contributed by atoms with E-state index in [9.17, 15) is 5.11 Å². The Labute approximate surface area is 127 Å². The molecule has 2 aromatic rings. The first-order valence-electron chi connectivity index (χ1n) is 5.30. The summed E-state index contributed by atoms with van der Waals surface area (Å²) in [6.45, 7) is 1.98. The SMILES string of the molecule is COc1cc(C(O)c2cc(Br)sc2Br)ccc1C. The van der Waals surface area contributed by atoms with E-state index in [4.69, 9.17) is 4.74 Å². The molecule has 0 aliphatic carbocycles. The largest absolute Gasteiger partial charge is 0.496 e. The standard InChI is InChI=1S/C13H12Br2O2S/c1-7-3-4-8(5-10(7)17-2)12(16)9-6-11(14)18-13(9)15/h3-6,12,16H,1-2H3. The van der Waals surface area contributed by atoms with Crippen LogP contribution in [0.15, 0.2) is 31.8 Å². The maximum atomic E-state index is 10.4. The molecule has 0 aliphatic heterocycles. The van der Waals surface area contributed by atoms with Crippen molar-refractivity contribution in [1.29, 1.82) is 0 Å². The minimum absolute atomic E-state index is 0.656. The van der Waals surface area contributed by atoms with Gasteiger partial charge in [0.25, 0.3) is 0 Å². The van der Waals surface area contributed by atoms with Crippen molar-refractivity contribution in [3.8, 4) is 5.75 Å². The molecule has 1 heterocycles. The van der Waals surface area contributed by atoms with Crippen LogP contribution in [-0.4, -0.2) is 12.2 Å². The Hall–Kier alpha value is -0.360. The van der Waals surface area contributed by atoms with Gasteiger partial charge in [0.1, 0.15) is 11.9 Å². The first kappa shape index (κ1) is 14.1. The molecular formula is C13H12Br2O2S. The van der Waals surface area contributed by atoms with Gasteiger partial charge in [-0.2, -0.15) is 0 Å². The first-order chi connectivity index (χ1) is 8.52. The molecule has 0 radical (unpaired) electrons. The van der Waals surface area contributed by atoms with Crippen LogP contribution in [0.1, 0.15) is 22.8 Å². The van der Waals surface area contributed by atoms with Gasteiger partial charge in [0.05, 0.1) is 14.7 Å². The summed E-state index contributed by atoms with van der Waals surface area (Å²) in [7, 11) is 1.63. The second-order valence-corrected chi connectivity index (χ2v) is 7.66. The fourth-order valence-electron chi connectivity index (χ4n) is 1.73. The highest BCUT2D eigenvalue weighted by molar-refractivity contribution is 9.12. The summed E-state index contributed by atoms with van der Waals surface area (Å²) in [6.07, 6.45) is -0.656. The summed E-state index contributed by atoms with van der Waals surface area (Å²) < 4.78 is 7.20. The Morgan fingerprint density at radius 2 is 2.00 bits per heavy atom. The quantitative estimate of drug-likeness (QED) is 0.823. The summed E-state index contributed by atoms with van der Waals surface area (Å²) in [4.78, 5) is 0. The molecule has 1 N–H and O–H groups in total. The van der Waals surface area contributed by atoms with Gasteiger partial charge in [-0.25, -0.2) is 0 Å². The average molecular weight is 392 g/mol. The third-order valence-electron chi connectivity index (χ3n) is 2.73. The van der Waals surface area contributed by atoms with Gasteiger partial charge in [0.15, 0.2) is 0 Å². The lowest BCUT2D eigenvalue weighted by atomic mass is 10.0. The number of hydrogen-bond acceptors (Lipinski definition) is 3. The van der Waals surface area contributed by atoms with Crippen molar-refractivity contribution >= 4 is 43.2 Å². The fourth-order valence-corrected chi connectivity index (χ4v) is 4.61. The van der Waals surface area contributed by atoms with Crippen molar-refractivity contribution in [3.63, 3.8) is 0 Å². The van der Waals surface area contributed by atoms with Crippen LogP contribution in [0.2, 0.25) is 0 Å². The lowest BCUT2D eigenvalue weighted by Crippen LogP contribution is -2.00. The monoisotopic (exact) mass is 390 g/mol. The number of benzene rings is 1. The molecule has 0 saturated heterocycles. The predicted molar refractivity (Wildman–Crippen MR) is 81.5 cm³/mol. The predicted octanol–water partition coefficient (Wildman–Crippen LogP) is 4.67. The topological polar surface area (TPSA) is 29.5 Å². The van der Waals surface area contributed by atoms with Crippen LogP contribution in [0.25, 0.3) is 0 Å². The van der Waals surface area contributed by atoms with Crippen molar-refractivity contribution in [2.24, 2.45) is 0 Å². The zero-order valence-electron chi connectivity index (χ0n) is 9.91. The second-order valence-electron chi connectivity index (χ2n) is 3.91. The Balaban J connectivity index is 2.39.